The molecule has 0 aliphatic carbocycles. The van der Waals surface area contributed by atoms with E-state index < -0.39 is 33.5 Å². The van der Waals surface area contributed by atoms with E-state index in [2.05, 4.69) is 5.32 Å². The van der Waals surface area contributed by atoms with Gasteiger partial charge in [-0.2, -0.15) is 13.2 Å². The average Bonchev–Trinajstić information content (AvgIpc) is 2.36. The van der Waals surface area contributed by atoms with Crippen molar-refractivity contribution in [2.75, 3.05) is 28.3 Å². The first kappa shape index (κ1) is 14.2. The van der Waals surface area contributed by atoms with Crippen LogP contribution in [0.5, 0.6) is 0 Å². The van der Waals surface area contributed by atoms with Crippen LogP contribution in [0.25, 0.3) is 0 Å². The Bertz CT molecular complexity index is 715. The normalized spacial score (nSPS) is 24.0. The molecule has 0 saturated carbocycles. The van der Waals surface area contributed by atoms with E-state index in [4.69, 9.17) is 0 Å². The van der Waals surface area contributed by atoms with Crippen molar-refractivity contribution in [3.05, 3.63) is 23.8 Å². The highest BCUT2D eigenvalue weighted by Gasteiger charge is 2.41. The number of nitrogens with one attached hydrogen (secondary N) is 1. The molecule has 2 aliphatic rings. The second-order valence-corrected chi connectivity index (χ2v) is 7.27. The van der Waals surface area contributed by atoms with Gasteiger partial charge in [-0.05, 0) is 18.2 Å². The van der Waals surface area contributed by atoms with E-state index in [0.717, 1.165) is 12.1 Å². The molecule has 0 radical (unpaired) electrons. The summed E-state index contributed by atoms with van der Waals surface area (Å²) in [6.45, 7) is 0.0960. The summed E-state index contributed by atoms with van der Waals surface area (Å²) < 4.78 is 61.2. The minimum atomic E-state index is -4.50. The summed E-state index contributed by atoms with van der Waals surface area (Å²) in [6, 6.07) is 2.18. The fraction of sp³-hybridized carbons (Fsp3) is 0.417. The van der Waals surface area contributed by atoms with Crippen molar-refractivity contribution in [2.45, 2.75) is 12.2 Å². The largest absolute Gasteiger partial charge is 0.416 e. The number of benzene rings is 1. The van der Waals surface area contributed by atoms with Crippen LogP contribution in [0, 0.1) is 0 Å². The maximum atomic E-state index is 12.7. The minimum absolute atomic E-state index is 0.0605. The summed E-state index contributed by atoms with van der Waals surface area (Å²) in [7, 11) is -3.30. The molecule has 1 atom stereocenters. The van der Waals surface area contributed by atoms with E-state index in [0.29, 0.717) is 5.69 Å². The van der Waals surface area contributed by atoms with Crippen LogP contribution in [-0.2, 0) is 20.8 Å². The van der Waals surface area contributed by atoms with Crippen LogP contribution in [-0.4, -0.2) is 38.4 Å². The fourth-order valence-corrected chi connectivity index (χ4v) is 4.05. The smallest absolute Gasteiger partial charge is 0.356 e. The van der Waals surface area contributed by atoms with Gasteiger partial charge in [-0.15, -0.1) is 0 Å². The zero-order chi connectivity index (χ0) is 15.4. The zero-order valence-electron chi connectivity index (χ0n) is 10.6. The molecule has 2 aliphatic heterocycles. The summed E-state index contributed by atoms with van der Waals surface area (Å²) >= 11 is 0. The van der Waals surface area contributed by atoms with Crippen LogP contribution >= 0.6 is 0 Å². The lowest BCUT2D eigenvalue weighted by atomic mass is 10.1. The van der Waals surface area contributed by atoms with Crippen LogP contribution in [0.15, 0.2) is 18.2 Å². The molecule has 0 spiro atoms. The minimum Gasteiger partial charge on any atom is -0.356 e. The SMILES string of the molecule is O=C1Nc2cc(C(F)(F)F)ccc2N2CCS(=O)(=O)CC12. The van der Waals surface area contributed by atoms with Gasteiger partial charge in [0.15, 0.2) is 9.84 Å². The second kappa shape index (κ2) is 4.36. The van der Waals surface area contributed by atoms with Crippen LogP contribution in [0.4, 0.5) is 24.5 Å². The highest BCUT2D eigenvalue weighted by molar-refractivity contribution is 7.91. The zero-order valence-corrected chi connectivity index (χ0v) is 11.5. The van der Waals surface area contributed by atoms with Crippen molar-refractivity contribution in [3.8, 4) is 0 Å². The third-order valence-corrected chi connectivity index (χ3v) is 5.25. The number of rotatable bonds is 0. The molecule has 1 fully saturated rings. The van der Waals surface area contributed by atoms with Crippen molar-refractivity contribution in [1.29, 1.82) is 0 Å². The van der Waals surface area contributed by atoms with Crippen molar-refractivity contribution in [2.24, 2.45) is 0 Å². The van der Waals surface area contributed by atoms with Crippen LogP contribution in [0.1, 0.15) is 5.56 Å². The van der Waals surface area contributed by atoms with Gasteiger partial charge in [0, 0.05) is 6.54 Å². The molecule has 0 bridgehead atoms. The fourth-order valence-electron chi connectivity index (χ4n) is 2.59. The summed E-state index contributed by atoms with van der Waals surface area (Å²) in [5, 5.41) is 2.36. The molecule has 1 saturated heterocycles. The molecule has 1 unspecified atom stereocenters. The molecular formula is C12H11F3N2O3S. The van der Waals surface area contributed by atoms with Gasteiger partial charge in [0.25, 0.3) is 0 Å². The Morgan fingerprint density at radius 2 is 2.00 bits per heavy atom. The topological polar surface area (TPSA) is 66.5 Å². The first-order valence-corrected chi connectivity index (χ1v) is 7.99. The highest BCUT2D eigenvalue weighted by Crippen LogP contribution is 2.39. The molecule has 1 amide bonds. The Balaban J connectivity index is 2.03. The number of halogens is 3. The lowest BCUT2D eigenvalue weighted by Crippen LogP contribution is -2.56. The van der Waals surface area contributed by atoms with Crippen LogP contribution in [0.3, 0.4) is 0 Å². The van der Waals surface area contributed by atoms with Gasteiger partial charge in [-0.1, -0.05) is 0 Å². The first-order chi connectivity index (χ1) is 9.67. The van der Waals surface area contributed by atoms with Gasteiger partial charge in [0.2, 0.25) is 5.91 Å². The number of nitrogens with zero attached hydrogens (tertiary/aromatic N) is 1. The predicted octanol–water partition coefficient (Wildman–Crippen LogP) is 1.26. The number of carbonyl (C=O) groups is 1. The van der Waals surface area contributed by atoms with E-state index >= 15 is 0 Å². The summed E-state index contributed by atoms with van der Waals surface area (Å²) in [6.07, 6.45) is -4.50. The van der Waals surface area contributed by atoms with Gasteiger partial charge in [-0.3, -0.25) is 4.79 Å². The molecular weight excluding hydrogens is 309 g/mol. The van der Waals surface area contributed by atoms with E-state index in [-0.39, 0.29) is 23.7 Å². The van der Waals surface area contributed by atoms with Gasteiger partial charge < -0.3 is 10.2 Å². The van der Waals surface area contributed by atoms with Gasteiger partial charge in [0.1, 0.15) is 6.04 Å². The summed E-state index contributed by atoms with van der Waals surface area (Å²) in [5.41, 5.74) is -0.377. The van der Waals surface area contributed by atoms with Gasteiger partial charge >= 0.3 is 6.18 Å². The van der Waals surface area contributed by atoms with E-state index in [1.807, 2.05) is 0 Å². The Kier molecular flexibility index (Phi) is 2.94. The van der Waals surface area contributed by atoms with Crippen LogP contribution < -0.4 is 10.2 Å². The Hall–Kier alpha value is -1.77. The van der Waals surface area contributed by atoms with E-state index in [1.54, 1.807) is 4.90 Å². The number of alkyl halides is 3. The number of hydrogen-bond donors (Lipinski definition) is 1. The molecule has 9 heteroatoms. The lowest BCUT2D eigenvalue weighted by Gasteiger charge is -2.40. The molecule has 1 aromatic rings. The van der Waals surface area contributed by atoms with E-state index in [9.17, 15) is 26.4 Å². The predicted molar refractivity (Wildman–Crippen MR) is 69.9 cm³/mol. The molecule has 5 nitrogen and oxygen atoms in total. The summed E-state index contributed by atoms with van der Waals surface area (Å²) in [4.78, 5) is 13.5. The molecule has 21 heavy (non-hydrogen) atoms. The third-order valence-electron chi connectivity index (χ3n) is 3.63. The van der Waals surface area contributed by atoms with Crippen LogP contribution in [0.2, 0.25) is 0 Å². The monoisotopic (exact) mass is 320 g/mol. The Morgan fingerprint density at radius 1 is 1.29 bits per heavy atom. The maximum Gasteiger partial charge on any atom is 0.416 e. The molecule has 1 aromatic carbocycles. The lowest BCUT2D eigenvalue weighted by molar-refractivity contribution is -0.137. The third kappa shape index (κ3) is 2.45. The van der Waals surface area contributed by atoms with Crippen molar-refractivity contribution < 1.29 is 26.4 Å². The molecule has 2 heterocycles. The molecule has 3 rings (SSSR count). The second-order valence-electron chi connectivity index (χ2n) is 5.04. The molecule has 1 N–H and O–H groups in total. The van der Waals surface area contributed by atoms with Gasteiger partial charge in [-0.25, -0.2) is 8.42 Å². The standard InChI is InChI=1S/C12H11F3N2O3S/c13-12(14,15)7-1-2-9-8(5-7)16-11(18)10-6-21(19,20)4-3-17(9)10/h1-2,5,10H,3-4,6H2,(H,16,18). The molecule has 0 aromatic heterocycles. The molecule has 114 valence electrons. The number of carbonyl (C=O) groups excluding carboxylic acids is 1. The van der Waals surface area contributed by atoms with Crippen molar-refractivity contribution in [3.63, 3.8) is 0 Å². The Morgan fingerprint density at radius 3 is 2.67 bits per heavy atom. The number of hydrogen-bond acceptors (Lipinski definition) is 4. The van der Waals surface area contributed by atoms with E-state index in [1.165, 1.54) is 6.07 Å². The number of sulfone groups is 1. The highest BCUT2D eigenvalue weighted by atomic mass is 32.2. The number of anilines is 2. The average molecular weight is 320 g/mol. The number of amides is 1. The van der Waals surface area contributed by atoms with Crippen molar-refractivity contribution in [1.82, 2.24) is 0 Å². The van der Waals surface area contributed by atoms with Gasteiger partial charge in [0.05, 0.1) is 28.4 Å². The van der Waals surface area contributed by atoms with Crippen molar-refractivity contribution >= 4 is 27.1 Å². The maximum absolute atomic E-state index is 12.7. The quantitative estimate of drug-likeness (QED) is 0.781. The first-order valence-electron chi connectivity index (χ1n) is 6.16. The number of fused-ring (bicyclic) bond motifs is 3. The Labute approximate surface area is 118 Å². The summed E-state index contributed by atoms with van der Waals surface area (Å²) in [5.74, 6) is -1.03.